The maximum absolute atomic E-state index is 12.1. The summed E-state index contributed by atoms with van der Waals surface area (Å²) in [7, 11) is 0. The molecule has 0 aliphatic carbocycles. The van der Waals surface area contributed by atoms with Crippen LogP contribution in [0.3, 0.4) is 0 Å². The third-order valence-electron chi connectivity index (χ3n) is 4.93. The number of aryl methyl sites for hydroxylation is 1. The van der Waals surface area contributed by atoms with Gasteiger partial charge in [0, 0.05) is 30.5 Å². The zero-order chi connectivity index (χ0) is 19.0. The Morgan fingerprint density at radius 3 is 2.31 bits per heavy atom. The molecule has 4 heteroatoms. The summed E-state index contributed by atoms with van der Waals surface area (Å²) >= 11 is 0. The Hall–Kier alpha value is -1.55. The van der Waals surface area contributed by atoms with Gasteiger partial charge in [-0.2, -0.15) is 0 Å². The smallest absolute Gasteiger partial charge is 0.407 e. The van der Waals surface area contributed by atoms with Crippen LogP contribution in [0, 0.1) is 0 Å². The van der Waals surface area contributed by atoms with Crippen LogP contribution in [-0.4, -0.2) is 29.8 Å². The van der Waals surface area contributed by atoms with Gasteiger partial charge in [0.25, 0.3) is 0 Å². The van der Waals surface area contributed by atoms with Gasteiger partial charge in [-0.15, -0.1) is 0 Å². The first kappa shape index (κ1) is 20.8. The number of benzene rings is 1. The van der Waals surface area contributed by atoms with Gasteiger partial charge in [0.2, 0.25) is 0 Å². The van der Waals surface area contributed by atoms with Gasteiger partial charge in [-0.25, -0.2) is 4.79 Å². The van der Waals surface area contributed by atoms with Crippen molar-refractivity contribution in [3.63, 3.8) is 0 Å². The summed E-state index contributed by atoms with van der Waals surface area (Å²) in [5.74, 6) is 0. The normalized spacial score (nSPS) is 19.1. The maximum atomic E-state index is 12.1. The lowest BCUT2D eigenvalue weighted by molar-refractivity contribution is 0.0194. The highest BCUT2D eigenvalue weighted by Gasteiger charge is 2.39. The molecular weight excluding hydrogens is 324 g/mol. The van der Waals surface area contributed by atoms with E-state index in [9.17, 15) is 4.79 Å². The van der Waals surface area contributed by atoms with Crippen LogP contribution in [0.2, 0.25) is 0 Å². The van der Waals surface area contributed by atoms with Crippen molar-refractivity contribution in [3.8, 4) is 0 Å². The van der Waals surface area contributed by atoms with Crippen molar-refractivity contribution in [1.82, 2.24) is 10.6 Å². The standard InChI is InChI=1S/C22H36N2O2/c1-21(2)16-19(17-22(3,4)24-21)26-20(25)23-15-11-6-5-8-12-18-13-9-7-10-14-18/h7,9-10,13-14,19,24H,5-6,8,11-12,15-17H2,1-4H3,(H,23,25). The number of carbonyl (C=O) groups is 1. The number of rotatable bonds is 8. The first-order valence-electron chi connectivity index (χ1n) is 10.0. The monoisotopic (exact) mass is 360 g/mol. The van der Waals surface area contributed by atoms with Crippen LogP contribution < -0.4 is 10.6 Å². The first-order valence-corrected chi connectivity index (χ1v) is 10.0. The molecule has 4 nitrogen and oxygen atoms in total. The Morgan fingerprint density at radius 1 is 1.04 bits per heavy atom. The van der Waals surface area contributed by atoms with Gasteiger partial charge in [-0.05, 0) is 52.5 Å². The molecule has 146 valence electrons. The van der Waals surface area contributed by atoms with Crippen molar-refractivity contribution in [2.75, 3.05) is 6.54 Å². The predicted molar refractivity (Wildman–Crippen MR) is 107 cm³/mol. The summed E-state index contributed by atoms with van der Waals surface area (Å²) in [6, 6.07) is 10.6. The molecule has 1 fully saturated rings. The number of unbranched alkanes of at least 4 members (excludes halogenated alkanes) is 3. The molecular formula is C22H36N2O2. The highest BCUT2D eigenvalue weighted by atomic mass is 16.6. The SMILES string of the molecule is CC1(C)CC(OC(=O)NCCCCCCc2ccccc2)CC(C)(C)N1. The van der Waals surface area contributed by atoms with Crippen molar-refractivity contribution >= 4 is 6.09 Å². The summed E-state index contributed by atoms with van der Waals surface area (Å²) in [5, 5.41) is 6.52. The molecule has 1 amide bonds. The Labute approximate surface area is 159 Å². The summed E-state index contributed by atoms with van der Waals surface area (Å²) in [6.45, 7) is 9.35. The third-order valence-corrected chi connectivity index (χ3v) is 4.93. The van der Waals surface area contributed by atoms with E-state index in [1.165, 1.54) is 18.4 Å². The molecule has 1 aliphatic heterocycles. The van der Waals surface area contributed by atoms with Gasteiger partial charge in [0.1, 0.15) is 6.10 Å². The zero-order valence-electron chi connectivity index (χ0n) is 16.9. The summed E-state index contributed by atoms with van der Waals surface area (Å²) in [4.78, 5) is 12.1. The highest BCUT2D eigenvalue weighted by molar-refractivity contribution is 5.67. The molecule has 2 rings (SSSR count). The molecule has 0 aromatic heterocycles. The van der Waals surface area contributed by atoms with Crippen molar-refractivity contribution in [1.29, 1.82) is 0 Å². The van der Waals surface area contributed by atoms with E-state index in [2.05, 4.69) is 68.7 Å². The molecule has 0 saturated carbocycles. The molecule has 26 heavy (non-hydrogen) atoms. The largest absolute Gasteiger partial charge is 0.446 e. The minimum Gasteiger partial charge on any atom is -0.446 e. The van der Waals surface area contributed by atoms with E-state index in [0.29, 0.717) is 6.54 Å². The van der Waals surface area contributed by atoms with E-state index in [4.69, 9.17) is 4.74 Å². The molecule has 1 aromatic rings. The number of hydrogen-bond donors (Lipinski definition) is 2. The van der Waals surface area contributed by atoms with E-state index >= 15 is 0 Å². The Kier molecular flexibility index (Phi) is 7.51. The van der Waals surface area contributed by atoms with Gasteiger partial charge in [-0.1, -0.05) is 43.2 Å². The van der Waals surface area contributed by atoms with Gasteiger partial charge in [-0.3, -0.25) is 0 Å². The molecule has 0 radical (unpaired) electrons. The molecule has 2 N–H and O–H groups in total. The van der Waals surface area contributed by atoms with E-state index in [0.717, 1.165) is 32.1 Å². The molecule has 0 spiro atoms. The number of alkyl carbamates (subject to hydrolysis) is 1. The molecule has 1 aromatic carbocycles. The molecule has 0 unspecified atom stereocenters. The van der Waals surface area contributed by atoms with E-state index in [1.54, 1.807) is 0 Å². The molecule has 1 aliphatic rings. The maximum Gasteiger partial charge on any atom is 0.407 e. The number of nitrogens with one attached hydrogen (secondary N) is 2. The van der Waals surface area contributed by atoms with Gasteiger partial charge in [0.05, 0.1) is 0 Å². The fourth-order valence-corrected chi connectivity index (χ4v) is 4.15. The number of carbonyl (C=O) groups excluding carboxylic acids is 1. The first-order chi connectivity index (χ1) is 12.3. The molecule has 1 saturated heterocycles. The van der Waals surface area contributed by atoms with Gasteiger partial charge in [0.15, 0.2) is 0 Å². The lowest BCUT2D eigenvalue weighted by Gasteiger charge is -2.45. The van der Waals surface area contributed by atoms with E-state index in [1.807, 2.05) is 0 Å². The van der Waals surface area contributed by atoms with Crippen LogP contribution >= 0.6 is 0 Å². The Bertz CT molecular complexity index is 539. The van der Waals surface area contributed by atoms with Crippen LogP contribution in [0.15, 0.2) is 30.3 Å². The van der Waals surface area contributed by atoms with E-state index < -0.39 is 0 Å². The minimum absolute atomic E-state index is 0.00848. The summed E-state index contributed by atoms with van der Waals surface area (Å²) < 4.78 is 5.66. The number of hydrogen-bond acceptors (Lipinski definition) is 3. The Balaban J connectivity index is 1.55. The minimum atomic E-state index is -0.271. The number of amides is 1. The quantitative estimate of drug-likeness (QED) is 0.653. The number of ether oxygens (including phenoxy) is 1. The van der Waals surface area contributed by atoms with Crippen molar-refractivity contribution < 1.29 is 9.53 Å². The zero-order valence-corrected chi connectivity index (χ0v) is 16.9. The van der Waals surface area contributed by atoms with Crippen LogP contribution in [0.1, 0.15) is 71.8 Å². The van der Waals surface area contributed by atoms with Crippen LogP contribution in [0.5, 0.6) is 0 Å². The topological polar surface area (TPSA) is 50.4 Å². The lowest BCUT2D eigenvalue weighted by Crippen LogP contribution is -2.60. The summed E-state index contributed by atoms with van der Waals surface area (Å²) in [5.41, 5.74) is 1.39. The average Bonchev–Trinajstić information content (AvgIpc) is 2.51. The van der Waals surface area contributed by atoms with Crippen LogP contribution in [-0.2, 0) is 11.2 Å². The van der Waals surface area contributed by atoms with Crippen LogP contribution in [0.25, 0.3) is 0 Å². The fourth-order valence-electron chi connectivity index (χ4n) is 4.15. The van der Waals surface area contributed by atoms with Gasteiger partial charge < -0.3 is 15.4 Å². The second-order valence-corrected chi connectivity index (χ2v) is 8.90. The van der Waals surface area contributed by atoms with E-state index in [-0.39, 0.29) is 23.3 Å². The molecule has 1 heterocycles. The predicted octanol–water partition coefficient (Wildman–Crippen LogP) is 4.82. The third kappa shape index (κ3) is 7.77. The fraction of sp³-hybridized carbons (Fsp3) is 0.682. The molecule has 0 atom stereocenters. The van der Waals surface area contributed by atoms with Crippen molar-refractivity contribution in [2.45, 2.75) is 89.8 Å². The molecule has 0 bridgehead atoms. The van der Waals surface area contributed by atoms with Crippen molar-refractivity contribution in [2.24, 2.45) is 0 Å². The highest BCUT2D eigenvalue weighted by Crippen LogP contribution is 2.30. The van der Waals surface area contributed by atoms with Crippen LogP contribution in [0.4, 0.5) is 4.79 Å². The second kappa shape index (κ2) is 9.40. The number of piperidine rings is 1. The lowest BCUT2D eigenvalue weighted by atomic mass is 9.81. The summed E-state index contributed by atoms with van der Waals surface area (Å²) in [6.07, 6.45) is 7.09. The average molecular weight is 361 g/mol. The van der Waals surface area contributed by atoms with Crippen molar-refractivity contribution in [3.05, 3.63) is 35.9 Å². The second-order valence-electron chi connectivity index (χ2n) is 8.90. The Morgan fingerprint density at radius 2 is 1.65 bits per heavy atom. The van der Waals surface area contributed by atoms with Gasteiger partial charge >= 0.3 is 6.09 Å².